The van der Waals surface area contributed by atoms with Gasteiger partial charge >= 0.3 is 0 Å². The van der Waals surface area contributed by atoms with E-state index in [4.69, 9.17) is 4.74 Å². The number of nitriles is 1. The van der Waals surface area contributed by atoms with Crippen LogP contribution >= 0.6 is 0 Å². The zero-order valence-corrected chi connectivity index (χ0v) is 15.6. The molecule has 0 unspecified atom stereocenters. The number of ketones is 1. The third-order valence-corrected chi connectivity index (χ3v) is 5.00. The standard InChI is InChI=1S/C22H24N2O2/c1-15-5-4-6-16(2)22(15)26-20-9-11-24(12-10-20)21-13-18(17(3)25)7-8-19(21)14-23/h4-8,13,20H,9-12H2,1-3H3. The van der Waals surface area contributed by atoms with Crippen molar-refractivity contribution in [1.29, 1.82) is 5.26 Å². The fourth-order valence-corrected chi connectivity index (χ4v) is 3.47. The van der Waals surface area contributed by atoms with E-state index in [-0.39, 0.29) is 11.9 Å². The molecular formula is C22H24N2O2. The molecule has 2 aromatic rings. The van der Waals surface area contributed by atoms with Crippen LogP contribution in [0.15, 0.2) is 36.4 Å². The molecule has 0 saturated carbocycles. The highest BCUT2D eigenvalue weighted by Gasteiger charge is 2.23. The largest absolute Gasteiger partial charge is 0.490 e. The molecule has 4 heteroatoms. The molecule has 26 heavy (non-hydrogen) atoms. The van der Waals surface area contributed by atoms with E-state index in [2.05, 4.69) is 36.9 Å². The van der Waals surface area contributed by atoms with Crippen LogP contribution in [0.2, 0.25) is 0 Å². The van der Waals surface area contributed by atoms with E-state index >= 15 is 0 Å². The zero-order valence-electron chi connectivity index (χ0n) is 15.6. The molecule has 0 N–H and O–H groups in total. The average Bonchev–Trinajstić information content (AvgIpc) is 2.65. The lowest BCUT2D eigenvalue weighted by molar-refractivity contribution is 0.101. The van der Waals surface area contributed by atoms with Gasteiger partial charge in [0.15, 0.2) is 5.78 Å². The number of hydrogen-bond donors (Lipinski definition) is 0. The third kappa shape index (κ3) is 3.72. The van der Waals surface area contributed by atoms with Gasteiger partial charge in [-0.1, -0.05) is 18.2 Å². The smallest absolute Gasteiger partial charge is 0.159 e. The van der Waals surface area contributed by atoms with Crippen LogP contribution in [0.25, 0.3) is 0 Å². The number of carbonyl (C=O) groups is 1. The predicted octanol–water partition coefficient (Wildman–Crippen LogP) is 4.43. The molecule has 2 aromatic carbocycles. The van der Waals surface area contributed by atoms with Crippen molar-refractivity contribution in [2.24, 2.45) is 0 Å². The summed E-state index contributed by atoms with van der Waals surface area (Å²) in [6.45, 7) is 7.32. The number of anilines is 1. The first-order valence-electron chi connectivity index (χ1n) is 9.02. The normalized spacial score (nSPS) is 14.8. The molecule has 1 fully saturated rings. The molecule has 0 radical (unpaired) electrons. The number of rotatable bonds is 4. The molecule has 0 aliphatic carbocycles. The molecule has 4 nitrogen and oxygen atoms in total. The maximum Gasteiger partial charge on any atom is 0.159 e. The molecule has 0 amide bonds. The Labute approximate surface area is 155 Å². The minimum absolute atomic E-state index is 0.0176. The van der Waals surface area contributed by atoms with Gasteiger partial charge in [0.1, 0.15) is 17.9 Å². The van der Waals surface area contributed by atoms with E-state index in [1.54, 1.807) is 19.1 Å². The minimum Gasteiger partial charge on any atom is -0.490 e. The van der Waals surface area contributed by atoms with Crippen molar-refractivity contribution >= 4 is 11.5 Å². The summed E-state index contributed by atoms with van der Waals surface area (Å²) in [6, 6.07) is 13.7. The third-order valence-electron chi connectivity index (χ3n) is 5.00. The summed E-state index contributed by atoms with van der Waals surface area (Å²) in [5, 5.41) is 9.40. The van der Waals surface area contributed by atoms with E-state index in [0.717, 1.165) is 48.5 Å². The number of hydrogen-bond acceptors (Lipinski definition) is 4. The average molecular weight is 348 g/mol. The number of piperidine rings is 1. The van der Waals surface area contributed by atoms with Crippen LogP contribution in [-0.4, -0.2) is 25.0 Å². The van der Waals surface area contributed by atoms with Crippen molar-refractivity contribution in [3.63, 3.8) is 0 Å². The lowest BCUT2D eigenvalue weighted by Crippen LogP contribution is -2.38. The summed E-state index contributed by atoms with van der Waals surface area (Å²) < 4.78 is 6.27. The van der Waals surface area contributed by atoms with Gasteiger partial charge in [-0.25, -0.2) is 0 Å². The van der Waals surface area contributed by atoms with Crippen molar-refractivity contribution in [3.8, 4) is 11.8 Å². The monoisotopic (exact) mass is 348 g/mol. The first-order chi connectivity index (χ1) is 12.5. The van der Waals surface area contributed by atoms with Gasteiger partial charge in [-0.3, -0.25) is 4.79 Å². The molecule has 0 aromatic heterocycles. The Morgan fingerprint density at radius 1 is 1.15 bits per heavy atom. The van der Waals surface area contributed by atoms with Gasteiger partial charge in [-0.2, -0.15) is 5.26 Å². The second-order valence-corrected chi connectivity index (χ2v) is 6.93. The Bertz CT molecular complexity index is 839. The number of nitrogens with zero attached hydrogens (tertiary/aromatic N) is 2. The summed E-state index contributed by atoms with van der Waals surface area (Å²) in [5.74, 6) is 1.01. The SMILES string of the molecule is CC(=O)c1ccc(C#N)c(N2CCC(Oc3c(C)cccc3C)CC2)c1. The summed E-state index contributed by atoms with van der Waals surface area (Å²) >= 11 is 0. The molecular weight excluding hydrogens is 324 g/mol. The molecule has 1 saturated heterocycles. The van der Waals surface area contributed by atoms with E-state index < -0.39 is 0 Å². The van der Waals surface area contributed by atoms with Gasteiger partial charge in [0.25, 0.3) is 0 Å². The summed E-state index contributed by atoms with van der Waals surface area (Å²) in [4.78, 5) is 13.9. The minimum atomic E-state index is 0.0176. The van der Waals surface area contributed by atoms with Crippen LogP contribution in [-0.2, 0) is 0 Å². The number of para-hydroxylation sites is 1. The lowest BCUT2D eigenvalue weighted by Gasteiger charge is -2.34. The molecule has 134 valence electrons. The molecule has 1 aliphatic rings. The second-order valence-electron chi connectivity index (χ2n) is 6.93. The maximum atomic E-state index is 11.7. The van der Waals surface area contributed by atoms with Gasteiger partial charge in [0.2, 0.25) is 0 Å². The Morgan fingerprint density at radius 3 is 2.38 bits per heavy atom. The van der Waals surface area contributed by atoms with Gasteiger partial charge < -0.3 is 9.64 Å². The van der Waals surface area contributed by atoms with Crippen molar-refractivity contribution < 1.29 is 9.53 Å². The van der Waals surface area contributed by atoms with Crippen LogP contribution in [0.3, 0.4) is 0 Å². The number of Topliss-reactive ketones (excluding diaryl/α,β-unsaturated/α-hetero) is 1. The van der Waals surface area contributed by atoms with E-state index in [1.807, 2.05) is 12.1 Å². The van der Waals surface area contributed by atoms with Gasteiger partial charge in [0, 0.05) is 31.5 Å². The highest BCUT2D eigenvalue weighted by atomic mass is 16.5. The topological polar surface area (TPSA) is 53.3 Å². The van der Waals surface area contributed by atoms with E-state index in [0.29, 0.717) is 11.1 Å². The zero-order chi connectivity index (χ0) is 18.7. The Balaban J connectivity index is 1.72. The van der Waals surface area contributed by atoms with Gasteiger partial charge in [-0.05, 0) is 50.1 Å². The fourth-order valence-electron chi connectivity index (χ4n) is 3.47. The fraction of sp³-hybridized carbons (Fsp3) is 0.364. The molecule has 1 heterocycles. The number of aryl methyl sites for hydroxylation is 2. The van der Waals surface area contributed by atoms with E-state index in [9.17, 15) is 10.1 Å². The van der Waals surface area contributed by atoms with Crippen molar-refractivity contribution in [2.45, 2.75) is 39.7 Å². The first kappa shape index (κ1) is 18.0. The molecule has 0 bridgehead atoms. The van der Waals surface area contributed by atoms with Crippen molar-refractivity contribution in [1.82, 2.24) is 0 Å². The summed E-state index contributed by atoms with van der Waals surface area (Å²) in [7, 11) is 0. The Kier molecular flexibility index (Phi) is 5.27. The lowest BCUT2D eigenvalue weighted by atomic mass is 10.0. The van der Waals surface area contributed by atoms with Gasteiger partial charge in [0.05, 0.1) is 11.3 Å². The van der Waals surface area contributed by atoms with Crippen molar-refractivity contribution in [2.75, 3.05) is 18.0 Å². The quantitative estimate of drug-likeness (QED) is 0.767. The van der Waals surface area contributed by atoms with Crippen molar-refractivity contribution in [3.05, 3.63) is 58.7 Å². The molecule has 1 aliphatic heterocycles. The Hall–Kier alpha value is -2.80. The summed E-state index contributed by atoms with van der Waals surface area (Å²) in [5.41, 5.74) is 4.43. The number of ether oxygens (including phenoxy) is 1. The number of carbonyl (C=O) groups excluding carboxylic acids is 1. The predicted molar refractivity (Wildman–Crippen MR) is 103 cm³/mol. The number of benzene rings is 2. The van der Waals surface area contributed by atoms with Gasteiger partial charge in [-0.15, -0.1) is 0 Å². The highest BCUT2D eigenvalue weighted by Crippen LogP contribution is 2.29. The second kappa shape index (κ2) is 7.61. The first-order valence-corrected chi connectivity index (χ1v) is 9.02. The highest BCUT2D eigenvalue weighted by molar-refractivity contribution is 5.95. The molecule has 0 spiro atoms. The van der Waals surface area contributed by atoms with Crippen LogP contribution < -0.4 is 9.64 Å². The Morgan fingerprint density at radius 2 is 1.81 bits per heavy atom. The maximum absolute atomic E-state index is 11.7. The molecule has 3 rings (SSSR count). The van der Waals surface area contributed by atoms with Crippen LogP contribution in [0.5, 0.6) is 5.75 Å². The van der Waals surface area contributed by atoms with Crippen LogP contribution in [0.4, 0.5) is 5.69 Å². The molecule has 0 atom stereocenters. The van der Waals surface area contributed by atoms with E-state index in [1.165, 1.54) is 0 Å². The van der Waals surface area contributed by atoms with Crippen LogP contribution in [0.1, 0.15) is 46.8 Å². The summed E-state index contributed by atoms with van der Waals surface area (Å²) in [6.07, 6.45) is 1.96. The van der Waals surface area contributed by atoms with Crippen LogP contribution in [0, 0.1) is 25.2 Å².